The lowest BCUT2D eigenvalue weighted by Gasteiger charge is -2.38. The Morgan fingerprint density at radius 3 is 2.00 bits per heavy atom. The first-order valence-electron chi connectivity index (χ1n) is 17.0. The van der Waals surface area contributed by atoms with Crippen molar-refractivity contribution in [1.29, 1.82) is 0 Å². The smallest absolute Gasteiger partial charge is 0.475 e. The Bertz CT molecular complexity index is 1790. The van der Waals surface area contributed by atoms with Gasteiger partial charge in [-0.3, -0.25) is 9.69 Å². The number of carbonyl (C=O) groups is 2. The van der Waals surface area contributed by atoms with Crippen LogP contribution in [0.3, 0.4) is 0 Å². The van der Waals surface area contributed by atoms with Gasteiger partial charge in [-0.2, -0.15) is 13.2 Å². The second-order valence-electron chi connectivity index (χ2n) is 12.5. The lowest BCUT2D eigenvalue weighted by Crippen LogP contribution is -2.46. The molecule has 1 aliphatic rings. The molecule has 0 atom stereocenters. The van der Waals surface area contributed by atoms with Gasteiger partial charge in [0.15, 0.2) is 0 Å². The van der Waals surface area contributed by atoms with E-state index in [1.165, 1.54) is 44.7 Å². The molecule has 1 saturated heterocycles. The van der Waals surface area contributed by atoms with Crippen LogP contribution in [0.5, 0.6) is 0 Å². The second-order valence-corrected chi connectivity index (χ2v) is 13.5. The van der Waals surface area contributed by atoms with Gasteiger partial charge in [0.2, 0.25) is 0 Å². The van der Waals surface area contributed by atoms with Crippen molar-refractivity contribution >= 4 is 23.2 Å². The summed E-state index contributed by atoms with van der Waals surface area (Å²) >= 11 is 1.54. The summed E-state index contributed by atoms with van der Waals surface area (Å²) in [6.45, 7) is 5.41. The molecule has 4 aromatic carbocycles. The van der Waals surface area contributed by atoms with E-state index in [1.807, 2.05) is 17.5 Å². The summed E-state index contributed by atoms with van der Waals surface area (Å²) in [7, 11) is 0. The van der Waals surface area contributed by atoms with Crippen molar-refractivity contribution in [2.45, 2.75) is 51.1 Å². The molecule has 1 aliphatic heterocycles. The van der Waals surface area contributed by atoms with Crippen molar-refractivity contribution < 1.29 is 27.9 Å². The van der Waals surface area contributed by atoms with Gasteiger partial charge in [-0.15, -0.1) is 11.3 Å². The molecule has 1 amide bonds. The molecule has 1 fully saturated rings. The number of halogens is 3. The van der Waals surface area contributed by atoms with Crippen LogP contribution >= 0.6 is 11.3 Å². The van der Waals surface area contributed by atoms with E-state index in [2.05, 4.69) is 124 Å². The minimum absolute atomic E-state index is 0.149. The van der Waals surface area contributed by atoms with Crippen LogP contribution in [-0.2, 0) is 30.8 Å². The molecule has 10 heteroatoms. The summed E-state index contributed by atoms with van der Waals surface area (Å²) in [6, 6.07) is 43.0. The number of nitrogens with zero attached hydrogens (tertiary/aromatic N) is 2. The van der Waals surface area contributed by atoms with Gasteiger partial charge in [-0.05, 0) is 76.7 Å². The molecule has 6 nitrogen and oxygen atoms in total. The molecule has 5 aromatic rings. The zero-order valence-electron chi connectivity index (χ0n) is 28.3. The molecule has 2 N–H and O–H groups in total. The molecule has 0 bridgehead atoms. The van der Waals surface area contributed by atoms with Crippen LogP contribution in [0.25, 0.3) is 11.1 Å². The summed E-state index contributed by atoms with van der Waals surface area (Å²) in [4.78, 5) is 28.1. The summed E-state index contributed by atoms with van der Waals surface area (Å²) in [5, 5.41) is 12.7. The lowest BCUT2D eigenvalue weighted by molar-refractivity contribution is -0.192. The number of likely N-dealkylation sites (tertiary alicyclic amines) is 1. The van der Waals surface area contributed by atoms with Crippen molar-refractivity contribution in [3.8, 4) is 11.1 Å². The minimum Gasteiger partial charge on any atom is -0.475 e. The van der Waals surface area contributed by atoms with E-state index in [-0.39, 0.29) is 11.9 Å². The van der Waals surface area contributed by atoms with E-state index in [0.717, 1.165) is 56.9 Å². The van der Waals surface area contributed by atoms with Gasteiger partial charge in [-0.25, -0.2) is 4.79 Å². The molecule has 51 heavy (non-hydrogen) atoms. The van der Waals surface area contributed by atoms with Gasteiger partial charge in [0.25, 0.3) is 5.91 Å². The number of thiophene rings is 1. The number of carboxylic acid groups (broad SMARTS) is 1. The molecule has 0 saturated carbocycles. The number of amides is 1. The van der Waals surface area contributed by atoms with Crippen molar-refractivity contribution in [3.63, 3.8) is 0 Å². The van der Waals surface area contributed by atoms with Crippen LogP contribution < -0.4 is 5.32 Å². The molecule has 0 aliphatic carbocycles. The van der Waals surface area contributed by atoms with Crippen LogP contribution in [0.2, 0.25) is 0 Å². The normalized spacial score (nSPS) is 13.6. The zero-order chi connectivity index (χ0) is 36.1. The highest BCUT2D eigenvalue weighted by atomic mass is 32.1. The van der Waals surface area contributed by atoms with Crippen molar-refractivity contribution in [2.24, 2.45) is 0 Å². The van der Waals surface area contributed by atoms with Gasteiger partial charge in [0, 0.05) is 38.8 Å². The summed E-state index contributed by atoms with van der Waals surface area (Å²) in [6.07, 6.45) is -2.07. The number of nitrogens with one attached hydrogen (secondary N) is 1. The Kier molecular flexibility index (Phi) is 13.6. The number of hydrogen-bond acceptors (Lipinski definition) is 5. The number of hydrogen-bond donors (Lipinski definition) is 2. The molecular weight excluding hydrogens is 672 g/mol. The number of rotatable bonds is 12. The van der Waals surface area contributed by atoms with Gasteiger partial charge in [0.1, 0.15) is 0 Å². The van der Waals surface area contributed by atoms with Crippen LogP contribution in [0.1, 0.15) is 44.8 Å². The third kappa shape index (κ3) is 11.6. The fourth-order valence-electron chi connectivity index (χ4n) is 6.11. The summed E-state index contributed by atoms with van der Waals surface area (Å²) < 4.78 is 31.7. The molecule has 1 aromatic heterocycles. The largest absolute Gasteiger partial charge is 0.490 e. The van der Waals surface area contributed by atoms with Crippen molar-refractivity contribution in [2.75, 3.05) is 19.6 Å². The fourth-order valence-corrected chi connectivity index (χ4v) is 6.79. The lowest BCUT2D eigenvalue weighted by atomic mass is 9.99. The number of carboxylic acids is 1. The zero-order valence-corrected chi connectivity index (χ0v) is 29.1. The quantitative estimate of drug-likeness (QED) is 0.127. The highest BCUT2D eigenvalue weighted by Gasteiger charge is 2.38. The average molecular weight is 714 g/mol. The Labute approximate surface area is 301 Å². The third-order valence-electron chi connectivity index (χ3n) is 8.81. The second kappa shape index (κ2) is 18.5. The number of benzene rings is 4. The van der Waals surface area contributed by atoms with Crippen LogP contribution in [-0.4, -0.2) is 58.6 Å². The van der Waals surface area contributed by atoms with Crippen LogP contribution in [0.4, 0.5) is 13.2 Å². The van der Waals surface area contributed by atoms with E-state index in [0.29, 0.717) is 6.54 Å². The molecule has 0 unspecified atom stereocenters. The fraction of sp³-hybridized carbons (Fsp3) is 0.268. The molecule has 266 valence electrons. The first-order valence-corrected chi connectivity index (χ1v) is 17.9. The van der Waals surface area contributed by atoms with Crippen LogP contribution in [0.15, 0.2) is 127 Å². The maximum absolute atomic E-state index is 13.8. The maximum Gasteiger partial charge on any atom is 0.490 e. The van der Waals surface area contributed by atoms with E-state index >= 15 is 0 Å². The Morgan fingerprint density at radius 2 is 1.39 bits per heavy atom. The highest BCUT2D eigenvalue weighted by molar-refractivity contribution is 7.12. The summed E-state index contributed by atoms with van der Waals surface area (Å²) in [5.41, 5.74) is 7.55. The van der Waals surface area contributed by atoms with E-state index < -0.39 is 12.1 Å². The highest BCUT2D eigenvalue weighted by Crippen LogP contribution is 2.27. The van der Waals surface area contributed by atoms with Gasteiger partial charge in [-0.1, -0.05) is 109 Å². The Balaban J connectivity index is 0.000000654. The predicted octanol–water partition coefficient (Wildman–Crippen LogP) is 8.69. The SMILES string of the molecule is O=C(O)C(F)(F)F.O=C(c1cccs1)N(Cc1cccc(-c2ccc(CNCCc3ccccc3)cc2)c1)C1CCN(Cc2ccccc2)CC1. The van der Waals surface area contributed by atoms with E-state index in [9.17, 15) is 18.0 Å². The topological polar surface area (TPSA) is 72.9 Å². The molecule has 0 spiro atoms. The number of carbonyl (C=O) groups excluding carboxylic acids is 1. The Morgan fingerprint density at radius 1 is 0.765 bits per heavy atom. The van der Waals surface area contributed by atoms with Gasteiger partial charge >= 0.3 is 12.1 Å². The average Bonchev–Trinajstić information content (AvgIpc) is 3.69. The molecular formula is C41H42F3N3O3S. The van der Waals surface area contributed by atoms with Crippen molar-refractivity contribution in [1.82, 2.24) is 15.1 Å². The third-order valence-corrected chi connectivity index (χ3v) is 9.67. The molecule has 2 heterocycles. The monoisotopic (exact) mass is 713 g/mol. The first kappa shape index (κ1) is 37.5. The number of aliphatic carboxylic acids is 1. The predicted molar refractivity (Wildman–Crippen MR) is 196 cm³/mol. The van der Waals surface area contributed by atoms with Gasteiger partial charge in [0.05, 0.1) is 4.88 Å². The van der Waals surface area contributed by atoms with Crippen LogP contribution in [0, 0.1) is 0 Å². The minimum atomic E-state index is -5.08. The first-order chi connectivity index (χ1) is 24.7. The number of alkyl halides is 3. The Hall–Kier alpha value is -4.77. The number of piperidine rings is 1. The molecule has 6 rings (SSSR count). The standard InChI is InChI=1S/C39H41N3OS.C2HF3O2/c43-39(38-15-8-26-44-38)42(37-21-24-41(25-22-37)29-33-11-5-2-6-12-33)30-34-13-7-14-36(27-34)35-18-16-32(17-19-35)28-40-23-20-31-9-3-1-4-10-31;3-2(4,5)1(6)7/h1-19,26-27,37,40H,20-25,28-30H2;(H,6,7). The maximum atomic E-state index is 13.8. The van der Waals surface area contributed by atoms with Gasteiger partial charge < -0.3 is 15.3 Å². The van der Waals surface area contributed by atoms with Crippen molar-refractivity contribution in [3.05, 3.63) is 154 Å². The summed E-state index contributed by atoms with van der Waals surface area (Å²) in [5.74, 6) is -2.61. The molecule has 0 radical (unpaired) electrons. The van der Waals surface area contributed by atoms with E-state index in [4.69, 9.17) is 9.90 Å². The van der Waals surface area contributed by atoms with E-state index in [1.54, 1.807) is 0 Å².